The van der Waals surface area contributed by atoms with E-state index >= 15 is 0 Å². The van der Waals surface area contributed by atoms with Gasteiger partial charge in [-0.2, -0.15) is 0 Å². The highest BCUT2D eigenvalue weighted by atomic mass is 16.7. The zero-order valence-electron chi connectivity index (χ0n) is 11.9. The molecule has 0 aliphatic carbocycles. The minimum absolute atomic E-state index is 0.162. The molecule has 0 spiro atoms. The van der Waals surface area contributed by atoms with Crippen molar-refractivity contribution in [3.8, 4) is 5.75 Å². The lowest BCUT2D eigenvalue weighted by Crippen LogP contribution is -2.20. The first-order valence-corrected chi connectivity index (χ1v) is 6.60. The van der Waals surface area contributed by atoms with Gasteiger partial charge in [0, 0.05) is 19.6 Å². The second-order valence-electron chi connectivity index (χ2n) is 4.25. The molecule has 0 aliphatic heterocycles. The average Bonchev–Trinajstić information content (AvgIpc) is 2.34. The van der Waals surface area contributed by atoms with Crippen LogP contribution in [-0.2, 0) is 9.47 Å². The van der Waals surface area contributed by atoms with Crippen LogP contribution in [0.1, 0.15) is 31.4 Å². The van der Waals surface area contributed by atoms with Gasteiger partial charge in [0.15, 0.2) is 6.29 Å². The number of hydrogen-bond donors (Lipinski definition) is 0. The lowest BCUT2D eigenvalue weighted by molar-refractivity contribution is -0.142. The maximum atomic E-state index is 5.78. The quantitative estimate of drug-likeness (QED) is 0.663. The standard InChI is InChI=1S/C15H24O3/c1-5-16-15(17-6-2)9-10-18-14-11-12(3)7-8-13(14)4/h7-8,11,15H,5-6,9-10H2,1-4H3. The van der Waals surface area contributed by atoms with Crippen LogP contribution in [0.3, 0.4) is 0 Å². The predicted molar refractivity (Wildman–Crippen MR) is 73.1 cm³/mol. The molecule has 3 heteroatoms. The van der Waals surface area contributed by atoms with Gasteiger partial charge >= 0.3 is 0 Å². The first-order chi connectivity index (χ1) is 8.67. The highest BCUT2D eigenvalue weighted by Gasteiger charge is 2.08. The van der Waals surface area contributed by atoms with E-state index in [-0.39, 0.29) is 6.29 Å². The molecule has 0 N–H and O–H groups in total. The summed E-state index contributed by atoms with van der Waals surface area (Å²) in [5.74, 6) is 0.946. The second-order valence-corrected chi connectivity index (χ2v) is 4.25. The smallest absolute Gasteiger partial charge is 0.160 e. The van der Waals surface area contributed by atoms with Gasteiger partial charge in [0.25, 0.3) is 0 Å². The zero-order chi connectivity index (χ0) is 13.4. The Morgan fingerprint density at radius 3 is 2.33 bits per heavy atom. The Labute approximate surface area is 110 Å². The van der Waals surface area contributed by atoms with Gasteiger partial charge < -0.3 is 14.2 Å². The van der Waals surface area contributed by atoms with Crippen LogP contribution in [0.4, 0.5) is 0 Å². The molecule has 0 fully saturated rings. The molecular formula is C15H24O3. The van der Waals surface area contributed by atoms with Crippen molar-refractivity contribution in [2.24, 2.45) is 0 Å². The van der Waals surface area contributed by atoms with Crippen molar-refractivity contribution in [2.75, 3.05) is 19.8 Å². The summed E-state index contributed by atoms with van der Waals surface area (Å²) in [6, 6.07) is 6.23. The summed E-state index contributed by atoms with van der Waals surface area (Å²) >= 11 is 0. The first kappa shape index (κ1) is 15.0. The Hall–Kier alpha value is -1.06. The van der Waals surface area contributed by atoms with Crippen LogP contribution in [0.2, 0.25) is 0 Å². The van der Waals surface area contributed by atoms with Crippen molar-refractivity contribution in [3.05, 3.63) is 29.3 Å². The monoisotopic (exact) mass is 252 g/mol. The van der Waals surface area contributed by atoms with Crippen molar-refractivity contribution in [2.45, 2.75) is 40.4 Å². The normalized spacial score (nSPS) is 10.9. The fraction of sp³-hybridized carbons (Fsp3) is 0.600. The molecule has 1 aromatic carbocycles. The van der Waals surface area contributed by atoms with E-state index in [1.807, 2.05) is 13.8 Å². The van der Waals surface area contributed by atoms with E-state index in [2.05, 4.69) is 32.0 Å². The highest BCUT2D eigenvalue weighted by molar-refractivity contribution is 5.35. The molecule has 0 saturated carbocycles. The maximum Gasteiger partial charge on any atom is 0.160 e. The van der Waals surface area contributed by atoms with Gasteiger partial charge in [0.2, 0.25) is 0 Å². The lowest BCUT2D eigenvalue weighted by Gasteiger charge is -2.17. The van der Waals surface area contributed by atoms with Crippen LogP contribution in [-0.4, -0.2) is 26.1 Å². The Kier molecular flexibility index (Phi) is 6.76. The van der Waals surface area contributed by atoms with Crippen molar-refractivity contribution in [3.63, 3.8) is 0 Å². The minimum atomic E-state index is -0.162. The number of benzene rings is 1. The van der Waals surface area contributed by atoms with E-state index in [1.165, 1.54) is 5.56 Å². The number of ether oxygens (including phenoxy) is 3. The van der Waals surface area contributed by atoms with Crippen molar-refractivity contribution in [1.29, 1.82) is 0 Å². The fourth-order valence-corrected chi connectivity index (χ4v) is 1.71. The number of rotatable bonds is 8. The van der Waals surface area contributed by atoms with E-state index < -0.39 is 0 Å². The maximum absolute atomic E-state index is 5.78. The third-order valence-corrected chi connectivity index (χ3v) is 2.66. The average molecular weight is 252 g/mol. The topological polar surface area (TPSA) is 27.7 Å². The molecular weight excluding hydrogens is 228 g/mol. The largest absolute Gasteiger partial charge is 0.493 e. The van der Waals surface area contributed by atoms with E-state index in [0.717, 1.165) is 17.7 Å². The van der Waals surface area contributed by atoms with Crippen LogP contribution in [0, 0.1) is 13.8 Å². The lowest BCUT2D eigenvalue weighted by atomic mass is 10.1. The molecule has 3 nitrogen and oxygen atoms in total. The summed E-state index contributed by atoms with van der Waals surface area (Å²) in [4.78, 5) is 0. The molecule has 0 atom stereocenters. The van der Waals surface area contributed by atoms with Crippen LogP contribution in [0.5, 0.6) is 5.75 Å². The van der Waals surface area contributed by atoms with Gasteiger partial charge in [0.05, 0.1) is 6.61 Å². The van der Waals surface area contributed by atoms with Gasteiger partial charge in [0.1, 0.15) is 5.75 Å². The van der Waals surface area contributed by atoms with Crippen LogP contribution < -0.4 is 4.74 Å². The molecule has 18 heavy (non-hydrogen) atoms. The molecule has 102 valence electrons. The molecule has 1 aromatic rings. The van der Waals surface area contributed by atoms with Crippen LogP contribution in [0.25, 0.3) is 0 Å². The van der Waals surface area contributed by atoms with E-state index in [0.29, 0.717) is 19.8 Å². The summed E-state index contributed by atoms with van der Waals surface area (Å²) in [5, 5.41) is 0. The Morgan fingerprint density at radius 2 is 1.72 bits per heavy atom. The molecule has 1 rings (SSSR count). The molecule has 0 bridgehead atoms. The molecule has 0 radical (unpaired) electrons. The first-order valence-electron chi connectivity index (χ1n) is 6.60. The zero-order valence-corrected chi connectivity index (χ0v) is 11.9. The van der Waals surface area contributed by atoms with E-state index in [9.17, 15) is 0 Å². The number of hydrogen-bond acceptors (Lipinski definition) is 3. The Balaban J connectivity index is 2.41. The number of aryl methyl sites for hydroxylation is 2. The predicted octanol–water partition coefficient (Wildman–Crippen LogP) is 3.47. The van der Waals surface area contributed by atoms with Gasteiger partial charge in [-0.05, 0) is 44.9 Å². The van der Waals surface area contributed by atoms with Gasteiger partial charge in [-0.3, -0.25) is 0 Å². The van der Waals surface area contributed by atoms with E-state index in [4.69, 9.17) is 14.2 Å². The SMILES string of the molecule is CCOC(CCOc1cc(C)ccc1C)OCC. The minimum Gasteiger partial charge on any atom is -0.493 e. The summed E-state index contributed by atoms with van der Waals surface area (Å²) in [7, 11) is 0. The summed E-state index contributed by atoms with van der Waals surface area (Å²) in [6.45, 7) is 9.99. The van der Waals surface area contributed by atoms with E-state index in [1.54, 1.807) is 0 Å². The second kappa shape index (κ2) is 8.11. The summed E-state index contributed by atoms with van der Waals surface area (Å²) < 4.78 is 16.7. The molecule has 0 amide bonds. The highest BCUT2D eigenvalue weighted by Crippen LogP contribution is 2.19. The molecule has 0 aromatic heterocycles. The molecule has 0 unspecified atom stereocenters. The summed E-state index contributed by atoms with van der Waals surface area (Å²) in [6.07, 6.45) is 0.583. The Morgan fingerprint density at radius 1 is 1.06 bits per heavy atom. The van der Waals surface area contributed by atoms with Crippen molar-refractivity contribution < 1.29 is 14.2 Å². The fourth-order valence-electron chi connectivity index (χ4n) is 1.71. The Bertz CT molecular complexity index is 344. The molecule has 0 heterocycles. The van der Waals surface area contributed by atoms with Crippen molar-refractivity contribution >= 4 is 0 Å². The van der Waals surface area contributed by atoms with Crippen LogP contribution in [0.15, 0.2) is 18.2 Å². The molecule has 0 saturated heterocycles. The van der Waals surface area contributed by atoms with Crippen molar-refractivity contribution in [1.82, 2.24) is 0 Å². The molecule has 0 aliphatic rings. The summed E-state index contributed by atoms with van der Waals surface area (Å²) in [5.41, 5.74) is 2.37. The van der Waals surface area contributed by atoms with Gasteiger partial charge in [-0.15, -0.1) is 0 Å². The van der Waals surface area contributed by atoms with Gasteiger partial charge in [-0.1, -0.05) is 12.1 Å². The third kappa shape index (κ3) is 5.07. The van der Waals surface area contributed by atoms with Crippen LogP contribution >= 0.6 is 0 Å². The third-order valence-electron chi connectivity index (χ3n) is 2.66. The van der Waals surface area contributed by atoms with Gasteiger partial charge in [-0.25, -0.2) is 0 Å².